The Hall–Kier alpha value is -3.15. The van der Waals surface area contributed by atoms with Gasteiger partial charge in [-0.15, -0.1) is 0 Å². The first-order valence-corrected chi connectivity index (χ1v) is 7.12. The SMILES string of the molecule is CCOc1ccccc1/C=N\NC(=O)C(=O)Nc1ccccc1. The third-order valence-corrected chi connectivity index (χ3v) is 2.83. The van der Waals surface area contributed by atoms with E-state index >= 15 is 0 Å². The average Bonchev–Trinajstić information content (AvgIpc) is 2.57. The summed E-state index contributed by atoms with van der Waals surface area (Å²) in [5, 5.41) is 6.25. The monoisotopic (exact) mass is 311 g/mol. The molecule has 0 heterocycles. The quantitative estimate of drug-likeness (QED) is 0.504. The number of amides is 2. The van der Waals surface area contributed by atoms with Crippen LogP contribution in [-0.4, -0.2) is 24.6 Å². The Labute approximate surface area is 134 Å². The molecule has 2 rings (SSSR count). The molecule has 23 heavy (non-hydrogen) atoms. The number of para-hydroxylation sites is 2. The number of benzene rings is 2. The highest BCUT2D eigenvalue weighted by Gasteiger charge is 2.12. The van der Waals surface area contributed by atoms with Crippen molar-refractivity contribution in [3.8, 4) is 5.75 Å². The van der Waals surface area contributed by atoms with E-state index in [4.69, 9.17) is 4.74 Å². The van der Waals surface area contributed by atoms with Gasteiger partial charge in [0.15, 0.2) is 0 Å². The van der Waals surface area contributed by atoms with Crippen LogP contribution in [0, 0.1) is 0 Å². The number of rotatable bonds is 5. The van der Waals surface area contributed by atoms with Gasteiger partial charge in [-0.05, 0) is 31.2 Å². The van der Waals surface area contributed by atoms with Gasteiger partial charge in [0.25, 0.3) is 0 Å². The molecule has 118 valence electrons. The van der Waals surface area contributed by atoms with E-state index in [1.54, 1.807) is 36.4 Å². The molecule has 0 atom stereocenters. The molecule has 2 aromatic carbocycles. The number of hydrazone groups is 1. The molecular formula is C17H17N3O3. The van der Waals surface area contributed by atoms with Crippen LogP contribution in [0.1, 0.15) is 12.5 Å². The van der Waals surface area contributed by atoms with Gasteiger partial charge in [-0.25, -0.2) is 5.43 Å². The number of carbonyl (C=O) groups is 2. The van der Waals surface area contributed by atoms with Gasteiger partial charge in [-0.3, -0.25) is 9.59 Å². The molecule has 0 saturated heterocycles. The van der Waals surface area contributed by atoms with Crippen molar-refractivity contribution in [3.63, 3.8) is 0 Å². The molecule has 0 radical (unpaired) electrons. The van der Waals surface area contributed by atoms with Crippen LogP contribution in [0.15, 0.2) is 59.7 Å². The maximum Gasteiger partial charge on any atom is 0.329 e. The Bertz CT molecular complexity index is 699. The molecule has 0 spiro atoms. The molecule has 0 aliphatic heterocycles. The smallest absolute Gasteiger partial charge is 0.329 e. The molecule has 2 aromatic rings. The molecule has 6 nitrogen and oxygen atoms in total. The molecule has 0 bridgehead atoms. The van der Waals surface area contributed by atoms with Crippen molar-refractivity contribution in [2.45, 2.75) is 6.92 Å². The average molecular weight is 311 g/mol. The van der Waals surface area contributed by atoms with Gasteiger partial charge in [-0.2, -0.15) is 5.10 Å². The lowest BCUT2D eigenvalue weighted by molar-refractivity contribution is -0.136. The van der Waals surface area contributed by atoms with Crippen molar-refractivity contribution in [2.75, 3.05) is 11.9 Å². The van der Waals surface area contributed by atoms with Crippen molar-refractivity contribution in [1.82, 2.24) is 5.43 Å². The highest BCUT2D eigenvalue weighted by molar-refractivity contribution is 6.39. The van der Waals surface area contributed by atoms with Crippen LogP contribution in [0.3, 0.4) is 0 Å². The summed E-state index contributed by atoms with van der Waals surface area (Å²) >= 11 is 0. The zero-order valence-electron chi connectivity index (χ0n) is 12.7. The fourth-order valence-corrected chi connectivity index (χ4v) is 1.79. The normalized spacial score (nSPS) is 10.3. The first-order chi connectivity index (χ1) is 11.2. The third kappa shape index (κ3) is 4.96. The largest absolute Gasteiger partial charge is 0.493 e. The Kier molecular flexibility index (Phi) is 5.88. The zero-order chi connectivity index (χ0) is 16.5. The predicted molar refractivity (Wildman–Crippen MR) is 88.4 cm³/mol. The Morgan fingerprint density at radius 1 is 1.04 bits per heavy atom. The number of ether oxygens (including phenoxy) is 1. The summed E-state index contributed by atoms with van der Waals surface area (Å²) in [6.45, 7) is 2.40. The van der Waals surface area contributed by atoms with Crippen LogP contribution >= 0.6 is 0 Å². The summed E-state index contributed by atoms with van der Waals surface area (Å²) in [6, 6.07) is 16.0. The van der Waals surface area contributed by atoms with Crippen LogP contribution in [0.5, 0.6) is 5.75 Å². The standard InChI is InChI=1S/C17H17N3O3/c1-2-23-15-11-7-6-8-13(15)12-18-20-17(22)16(21)19-14-9-4-3-5-10-14/h3-12H,2H2,1H3,(H,19,21)(H,20,22)/b18-12-. The second kappa shape index (κ2) is 8.33. The number of anilines is 1. The maximum absolute atomic E-state index is 11.7. The molecule has 2 N–H and O–H groups in total. The Morgan fingerprint density at radius 3 is 2.48 bits per heavy atom. The zero-order valence-corrected chi connectivity index (χ0v) is 12.7. The molecule has 6 heteroatoms. The van der Waals surface area contributed by atoms with Crippen molar-refractivity contribution < 1.29 is 14.3 Å². The van der Waals surface area contributed by atoms with E-state index < -0.39 is 11.8 Å². The Morgan fingerprint density at radius 2 is 1.74 bits per heavy atom. The van der Waals surface area contributed by atoms with E-state index in [0.717, 1.165) is 0 Å². The number of carbonyl (C=O) groups excluding carboxylic acids is 2. The lowest BCUT2D eigenvalue weighted by atomic mass is 10.2. The highest BCUT2D eigenvalue weighted by atomic mass is 16.5. The molecular weight excluding hydrogens is 294 g/mol. The number of nitrogens with one attached hydrogen (secondary N) is 2. The van der Waals surface area contributed by atoms with E-state index in [9.17, 15) is 9.59 Å². The summed E-state index contributed by atoms with van der Waals surface area (Å²) in [4.78, 5) is 23.4. The van der Waals surface area contributed by atoms with Gasteiger partial charge in [-0.1, -0.05) is 30.3 Å². The second-order valence-electron chi connectivity index (χ2n) is 4.49. The minimum Gasteiger partial charge on any atom is -0.493 e. The molecule has 0 saturated carbocycles. The van der Waals surface area contributed by atoms with Gasteiger partial charge >= 0.3 is 11.8 Å². The lowest BCUT2D eigenvalue weighted by Gasteiger charge is -2.06. The van der Waals surface area contributed by atoms with Crippen LogP contribution in [0.2, 0.25) is 0 Å². The molecule has 0 aromatic heterocycles. The molecule has 0 aliphatic rings. The van der Waals surface area contributed by atoms with E-state index in [1.807, 2.05) is 25.1 Å². The van der Waals surface area contributed by atoms with Crippen molar-refractivity contribution in [3.05, 3.63) is 60.2 Å². The van der Waals surface area contributed by atoms with Crippen LogP contribution < -0.4 is 15.5 Å². The highest BCUT2D eigenvalue weighted by Crippen LogP contribution is 2.15. The summed E-state index contributed by atoms with van der Waals surface area (Å²) in [5.74, 6) is -0.979. The van der Waals surface area contributed by atoms with Gasteiger partial charge in [0, 0.05) is 11.3 Å². The minimum atomic E-state index is -0.848. The minimum absolute atomic E-state index is 0.524. The fourth-order valence-electron chi connectivity index (χ4n) is 1.79. The molecule has 0 aliphatic carbocycles. The Balaban J connectivity index is 1.92. The van der Waals surface area contributed by atoms with E-state index in [-0.39, 0.29) is 0 Å². The molecule has 0 fully saturated rings. The van der Waals surface area contributed by atoms with Crippen molar-refractivity contribution in [2.24, 2.45) is 5.10 Å². The number of nitrogens with zero attached hydrogens (tertiary/aromatic N) is 1. The van der Waals surface area contributed by atoms with E-state index in [1.165, 1.54) is 6.21 Å². The summed E-state index contributed by atoms with van der Waals surface area (Å²) in [6.07, 6.45) is 1.43. The molecule has 0 unspecified atom stereocenters. The summed E-state index contributed by atoms with van der Waals surface area (Å²) < 4.78 is 5.44. The van der Waals surface area contributed by atoms with Gasteiger partial charge < -0.3 is 10.1 Å². The third-order valence-electron chi connectivity index (χ3n) is 2.83. The van der Waals surface area contributed by atoms with E-state index in [0.29, 0.717) is 23.6 Å². The first-order valence-electron chi connectivity index (χ1n) is 7.12. The predicted octanol–water partition coefficient (Wildman–Crippen LogP) is 2.17. The van der Waals surface area contributed by atoms with Crippen LogP contribution in [-0.2, 0) is 9.59 Å². The lowest BCUT2D eigenvalue weighted by Crippen LogP contribution is -2.32. The van der Waals surface area contributed by atoms with Crippen molar-refractivity contribution in [1.29, 1.82) is 0 Å². The maximum atomic E-state index is 11.7. The fraction of sp³-hybridized carbons (Fsp3) is 0.118. The topological polar surface area (TPSA) is 79.8 Å². The number of hydrogen-bond acceptors (Lipinski definition) is 4. The van der Waals surface area contributed by atoms with Gasteiger partial charge in [0.05, 0.1) is 12.8 Å². The van der Waals surface area contributed by atoms with Crippen LogP contribution in [0.4, 0.5) is 5.69 Å². The van der Waals surface area contributed by atoms with Crippen molar-refractivity contribution >= 4 is 23.7 Å². The van der Waals surface area contributed by atoms with Gasteiger partial charge in [0.1, 0.15) is 5.75 Å². The first kappa shape index (κ1) is 16.2. The molecule has 2 amide bonds. The number of hydrogen-bond donors (Lipinski definition) is 2. The van der Waals surface area contributed by atoms with E-state index in [2.05, 4.69) is 15.8 Å². The summed E-state index contributed by atoms with van der Waals surface area (Å²) in [5.41, 5.74) is 3.43. The summed E-state index contributed by atoms with van der Waals surface area (Å²) in [7, 11) is 0. The second-order valence-corrected chi connectivity index (χ2v) is 4.49. The van der Waals surface area contributed by atoms with Crippen LogP contribution in [0.25, 0.3) is 0 Å². The van der Waals surface area contributed by atoms with Gasteiger partial charge in [0.2, 0.25) is 0 Å².